The van der Waals surface area contributed by atoms with Crippen LogP contribution >= 0.6 is 0 Å². The number of amides is 1. The summed E-state index contributed by atoms with van der Waals surface area (Å²) < 4.78 is 0. The Morgan fingerprint density at radius 3 is 2.53 bits per heavy atom. The van der Waals surface area contributed by atoms with Crippen LogP contribution in [0.25, 0.3) is 0 Å². The Bertz CT molecular complexity index is 1060. The Morgan fingerprint density at radius 2 is 1.77 bits per heavy atom. The summed E-state index contributed by atoms with van der Waals surface area (Å²) in [5.74, 6) is 2.03. The molecule has 0 spiro atoms. The molecule has 0 radical (unpaired) electrons. The topological polar surface area (TPSA) is 36.4 Å². The first-order valence-electron chi connectivity index (χ1n) is 10.7. The number of carbonyl (C=O) groups excluding carboxylic acids is 1. The first-order valence-corrected chi connectivity index (χ1v) is 10.7. The minimum absolute atomic E-state index is 0.0953. The average molecular weight is 398 g/mol. The number of anilines is 1. The highest BCUT2D eigenvalue weighted by Gasteiger charge is 2.49. The first-order chi connectivity index (χ1) is 14.6. The minimum Gasteiger partial charge on any atom is -0.356 e. The standard InChI is InChI=1S/C26H27N3O/c1-18-8-7-10-20(14-18)26(30)29-16-21-15-28(24-12-5-6-13-27-24)17-23(21)25(29)22-11-4-3-9-19(22)2/h3-14,21,23,25H,15-17H2,1-2H3/t21-,23-,25-/m0/s1. The summed E-state index contributed by atoms with van der Waals surface area (Å²) >= 11 is 0. The molecular formula is C26H27N3O. The van der Waals surface area contributed by atoms with Gasteiger partial charge in [-0.3, -0.25) is 4.79 Å². The number of hydrogen-bond donors (Lipinski definition) is 0. The van der Waals surface area contributed by atoms with Crippen LogP contribution in [0.15, 0.2) is 72.9 Å². The van der Waals surface area contributed by atoms with Gasteiger partial charge in [0.05, 0.1) is 6.04 Å². The largest absolute Gasteiger partial charge is 0.356 e. The molecule has 2 aliphatic heterocycles. The number of benzene rings is 2. The summed E-state index contributed by atoms with van der Waals surface area (Å²) in [5, 5.41) is 0. The lowest BCUT2D eigenvalue weighted by Crippen LogP contribution is -2.36. The Kier molecular flexibility index (Phi) is 4.78. The molecule has 0 unspecified atom stereocenters. The van der Waals surface area contributed by atoms with Gasteiger partial charge in [0.25, 0.3) is 5.91 Å². The van der Waals surface area contributed by atoms with E-state index in [1.54, 1.807) is 0 Å². The molecule has 152 valence electrons. The van der Waals surface area contributed by atoms with Crippen LogP contribution in [0.5, 0.6) is 0 Å². The van der Waals surface area contributed by atoms with Crippen molar-refractivity contribution in [3.05, 3.63) is 95.2 Å². The second-order valence-corrected chi connectivity index (χ2v) is 8.65. The molecule has 1 aromatic heterocycles. The van der Waals surface area contributed by atoms with Gasteiger partial charge in [0.15, 0.2) is 0 Å². The van der Waals surface area contributed by atoms with E-state index in [-0.39, 0.29) is 11.9 Å². The number of carbonyl (C=O) groups is 1. The van der Waals surface area contributed by atoms with Crippen LogP contribution in [0, 0.1) is 25.7 Å². The zero-order valence-electron chi connectivity index (χ0n) is 17.5. The lowest BCUT2D eigenvalue weighted by molar-refractivity contribution is 0.0715. The number of nitrogens with zero attached hydrogens (tertiary/aromatic N) is 3. The molecule has 2 aromatic carbocycles. The summed E-state index contributed by atoms with van der Waals surface area (Å²) in [6, 6.07) is 22.7. The van der Waals surface area contributed by atoms with Crippen LogP contribution in [-0.4, -0.2) is 35.4 Å². The lowest BCUT2D eigenvalue weighted by Gasteiger charge is -2.31. The molecular weight excluding hydrogens is 370 g/mol. The zero-order valence-corrected chi connectivity index (χ0v) is 17.5. The van der Waals surface area contributed by atoms with Gasteiger partial charge in [0.1, 0.15) is 5.82 Å². The second kappa shape index (κ2) is 7.60. The van der Waals surface area contributed by atoms with Crippen molar-refractivity contribution in [3.8, 4) is 0 Å². The SMILES string of the molecule is Cc1cccc(C(=O)N2C[C@@H]3CN(c4ccccn4)C[C@@H]3[C@@H]2c2ccccc2C)c1. The van der Waals surface area contributed by atoms with Gasteiger partial charge in [0.2, 0.25) is 0 Å². The van der Waals surface area contributed by atoms with Crippen molar-refractivity contribution in [1.29, 1.82) is 0 Å². The van der Waals surface area contributed by atoms with Crippen molar-refractivity contribution < 1.29 is 4.79 Å². The molecule has 3 heterocycles. The molecule has 3 atom stereocenters. The fraction of sp³-hybridized carbons (Fsp3) is 0.308. The van der Waals surface area contributed by atoms with E-state index in [0.717, 1.165) is 36.6 Å². The van der Waals surface area contributed by atoms with Crippen LogP contribution in [0.4, 0.5) is 5.82 Å². The third kappa shape index (κ3) is 3.26. The van der Waals surface area contributed by atoms with Crippen LogP contribution in [-0.2, 0) is 0 Å². The predicted molar refractivity (Wildman–Crippen MR) is 120 cm³/mol. The van der Waals surface area contributed by atoms with E-state index in [1.807, 2.05) is 49.5 Å². The van der Waals surface area contributed by atoms with Crippen molar-refractivity contribution in [1.82, 2.24) is 9.88 Å². The molecule has 4 nitrogen and oxygen atoms in total. The number of fused-ring (bicyclic) bond motifs is 1. The molecule has 0 N–H and O–H groups in total. The number of rotatable bonds is 3. The van der Waals surface area contributed by atoms with E-state index >= 15 is 0 Å². The van der Waals surface area contributed by atoms with Gasteiger partial charge in [-0.2, -0.15) is 0 Å². The lowest BCUT2D eigenvalue weighted by atomic mass is 9.87. The Morgan fingerprint density at radius 1 is 0.933 bits per heavy atom. The van der Waals surface area contributed by atoms with Gasteiger partial charge in [-0.05, 0) is 49.2 Å². The third-order valence-corrected chi connectivity index (χ3v) is 6.67. The summed E-state index contributed by atoms with van der Waals surface area (Å²) in [5.41, 5.74) is 4.43. The van der Waals surface area contributed by atoms with E-state index < -0.39 is 0 Å². The van der Waals surface area contributed by atoms with E-state index in [0.29, 0.717) is 11.8 Å². The molecule has 2 fully saturated rings. The predicted octanol–water partition coefficient (Wildman–Crippen LogP) is 4.65. The summed E-state index contributed by atoms with van der Waals surface area (Å²) in [4.78, 5) is 22.6. The van der Waals surface area contributed by atoms with Gasteiger partial charge < -0.3 is 9.80 Å². The highest BCUT2D eigenvalue weighted by Crippen LogP contribution is 2.47. The smallest absolute Gasteiger partial charge is 0.254 e. The Labute approximate surface area is 178 Å². The summed E-state index contributed by atoms with van der Waals surface area (Å²) in [6.07, 6.45) is 1.86. The fourth-order valence-electron chi connectivity index (χ4n) is 5.24. The number of likely N-dealkylation sites (tertiary alicyclic amines) is 1. The zero-order chi connectivity index (χ0) is 20.7. The van der Waals surface area contributed by atoms with Gasteiger partial charge >= 0.3 is 0 Å². The molecule has 0 bridgehead atoms. The van der Waals surface area contributed by atoms with Crippen LogP contribution in [0.1, 0.15) is 33.1 Å². The van der Waals surface area contributed by atoms with Gasteiger partial charge in [-0.15, -0.1) is 0 Å². The molecule has 1 amide bonds. The van der Waals surface area contributed by atoms with Crippen molar-refractivity contribution >= 4 is 11.7 Å². The maximum atomic E-state index is 13.6. The minimum atomic E-state index is 0.0953. The Balaban J connectivity index is 1.50. The third-order valence-electron chi connectivity index (χ3n) is 6.67. The maximum Gasteiger partial charge on any atom is 0.254 e. The number of aryl methyl sites for hydroxylation is 2. The van der Waals surface area contributed by atoms with Crippen LogP contribution < -0.4 is 4.90 Å². The highest BCUT2D eigenvalue weighted by atomic mass is 16.2. The number of pyridine rings is 1. The van der Waals surface area contributed by atoms with Crippen molar-refractivity contribution in [3.63, 3.8) is 0 Å². The van der Waals surface area contributed by atoms with Crippen LogP contribution in [0.3, 0.4) is 0 Å². The molecule has 30 heavy (non-hydrogen) atoms. The van der Waals surface area contributed by atoms with Crippen LogP contribution in [0.2, 0.25) is 0 Å². The number of aromatic nitrogens is 1. The van der Waals surface area contributed by atoms with E-state index in [9.17, 15) is 4.79 Å². The monoisotopic (exact) mass is 397 g/mol. The van der Waals surface area contributed by atoms with E-state index in [2.05, 4.69) is 52.0 Å². The van der Waals surface area contributed by atoms with Crippen molar-refractivity contribution in [2.75, 3.05) is 24.5 Å². The normalized spacial score (nSPS) is 22.9. The Hall–Kier alpha value is -3.14. The number of hydrogen-bond acceptors (Lipinski definition) is 3. The van der Waals surface area contributed by atoms with Gasteiger partial charge in [-0.25, -0.2) is 4.98 Å². The maximum absolute atomic E-state index is 13.6. The second-order valence-electron chi connectivity index (χ2n) is 8.65. The quantitative estimate of drug-likeness (QED) is 0.646. The van der Waals surface area contributed by atoms with E-state index in [4.69, 9.17) is 0 Å². The van der Waals surface area contributed by atoms with Gasteiger partial charge in [0, 0.05) is 43.2 Å². The molecule has 0 saturated carbocycles. The molecule has 2 saturated heterocycles. The molecule has 4 heteroatoms. The summed E-state index contributed by atoms with van der Waals surface area (Å²) in [7, 11) is 0. The van der Waals surface area contributed by atoms with Crippen molar-refractivity contribution in [2.24, 2.45) is 11.8 Å². The van der Waals surface area contributed by atoms with Gasteiger partial charge in [-0.1, -0.05) is 48.0 Å². The van der Waals surface area contributed by atoms with E-state index in [1.165, 1.54) is 11.1 Å². The molecule has 3 aromatic rings. The summed E-state index contributed by atoms with van der Waals surface area (Å²) in [6.45, 7) is 6.86. The molecule has 0 aliphatic carbocycles. The highest BCUT2D eigenvalue weighted by molar-refractivity contribution is 5.95. The fourth-order valence-corrected chi connectivity index (χ4v) is 5.24. The first kappa shape index (κ1) is 18.9. The molecule has 5 rings (SSSR count). The van der Waals surface area contributed by atoms with Crippen molar-refractivity contribution in [2.45, 2.75) is 19.9 Å². The average Bonchev–Trinajstić information content (AvgIpc) is 3.33. The molecule has 2 aliphatic rings.